The van der Waals surface area contributed by atoms with Gasteiger partial charge in [-0.25, -0.2) is 19.6 Å². The van der Waals surface area contributed by atoms with Gasteiger partial charge in [-0.15, -0.1) is 0 Å². The first-order valence-electron chi connectivity index (χ1n) is 17.8. The summed E-state index contributed by atoms with van der Waals surface area (Å²) in [4.78, 5) is 70.9. The molecular formula is C38H44N8O6. The maximum Gasteiger partial charge on any atom is 0.407 e. The Kier molecular flexibility index (Phi) is 9.71. The van der Waals surface area contributed by atoms with Crippen molar-refractivity contribution in [2.45, 2.75) is 69.6 Å². The second-order valence-electron chi connectivity index (χ2n) is 13.9. The number of aromatic nitrogens is 4. The van der Waals surface area contributed by atoms with Gasteiger partial charge in [0.25, 0.3) is 0 Å². The molecule has 4 heterocycles. The molecule has 3 fully saturated rings. The van der Waals surface area contributed by atoms with E-state index in [1.165, 1.54) is 14.2 Å². The number of carbonyl (C=O) groups is 4. The summed E-state index contributed by atoms with van der Waals surface area (Å²) in [5.41, 5.74) is 5.75. The molecule has 2 aromatic heterocycles. The number of benzene rings is 2. The standard InChI is InChI=1S/C38H44N8O6/c1-22(41-37(49)52-3)35(47)45-18-4-6-30(45)33-39-20-28(42-33)25-12-8-23(9-13-25)24-10-14-26(15-11-24)29-21-40-34(43-29)31-7-5-19-46(31)36(48)32(27-16-17-27)44(2)38(50)51/h8-15,20-22,27,30-32H,4-7,16-19H2,1-3H3,(H,39,42)(H,40,43)(H,41,49)(H,50,51)/t22-,30-,31-,32-/m0/s1. The smallest absolute Gasteiger partial charge is 0.407 e. The second kappa shape index (κ2) is 14.5. The van der Waals surface area contributed by atoms with Crippen LogP contribution in [0.2, 0.25) is 0 Å². The van der Waals surface area contributed by atoms with Crippen LogP contribution in [0.1, 0.15) is 69.2 Å². The summed E-state index contributed by atoms with van der Waals surface area (Å²) in [6, 6.07) is 14.6. The molecule has 4 atom stereocenters. The normalized spacial score (nSPS) is 19.7. The monoisotopic (exact) mass is 708 g/mol. The van der Waals surface area contributed by atoms with Crippen LogP contribution < -0.4 is 5.32 Å². The van der Waals surface area contributed by atoms with Gasteiger partial charge < -0.3 is 34.9 Å². The van der Waals surface area contributed by atoms with Crippen molar-refractivity contribution >= 4 is 24.0 Å². The highest BCUT2D eigenvalue weighted by Gasteiger charge is 2.45. The van der Waals surface area contributed by atoms with E-state index in [1.807, 2.05) is 24.3 Å². The van der Waals surface area contributed by atoms with Gasteiger partial charge in [0.1, 0.15) is 23.7 Å². The summed E-state index contributed by atoms with van der Waals surface area (Å²) in [6.45, 7) is 2.83. The molecule has 0 bridgehead atoms. The van der Waals surface area contributed by atoms with Crippen molar-refractivity contribution in [3.63, 3.8) is 0 Å². The zero-order valence-electron chi connectivity index (χ0n) is 29.5. The Labute approximate surface area is 301 Å². The number of hydrogen-bond donors (Lipinski definition) is 4. The molecule has 7 rings (SSSR count). The lowest BCUT2D eigenvalue weighted by atomic mass is 10.0. The van der Waals surface area contributed by atoms with Gasteiger partial charge in [-0.3, -0.25) is 14.5 Å². The Balaban J connectivity index is 0.998. The van der Waals surface area contributed by atoms with E-state index in [0.29, 0.717) is 24.7 Å². The average molecular weight is 709 g/mol. The van der Waals surface area contributed by atoms with E-state index in [2.05, 4.69) is 54.3 Å². The highest BCUT2D eigenvalue weighted by molar-refractivity contribution is 5.87. The molecular weight excluding hydrogens is 664 g/mol. The molecule has 14 nitrogen and oxygen atoms in total. The predicted octanol–water partition coefficient (Wildman–Crippen LogP) is 5.59. The Morgan fingerprint density at radius 2 is 1.25 bits per heavy atom. The molecule has 1 aliphatic carbocycles. The van der Waals surface area contributed by atoms with Crippen LogP contribution in [0.5, 0.6) is 0 Å². The number of nitrogens with zero attached hydrogens (tertiary/aromatic N) is 5. The van der Waals surface area contributed by atoms with Crippen molar-refractivity contribution in [3.05, 3.63) is 72.6 Å². The molecule has 52 heavy (non-hydrogen) atoms. The van der Waals surface area contributed by atoms with Crippen LogP contribution >= 0.6 is 0 Å². The lowest BCUT2D eigenvalue weighted by Gasteiger charge is -2.31. The molecule has 0 unspecified atom stereocenters. The predicted molar refractivity (Wildman–Crippen MR) is 192 cm³/mol. The van der Waals surface area contributed by atoms with E-state index in [-0.39, 0.29) is 29.8 Å². The van der Waals surface area contributed by atoms with E-state index in [1.54, 1.807) is 29.1 Å². The van der Waals surface area contributed by atoms with E-state index in [9.17, 15) is 24.3 Å². The van der Waals surface area contributed by atoms with Crippen LogP contribution in [0.25, 0.3) is 33.6 Å². The Hall–Kier alpha value is -5.66. The summed E-state index contributed by atoms with van der Waals surface area (Å²) in [7, 11) is 2.75. The van der Waals surface area contributed by atoms with Gasteiger partial charge in [-0.1, -0.05) is 48.5 Å². The lowest BCUT2D eigenvalue weighted by Crippen LogP contribution is -2.50. The highest BCUT2D eigenvalue weighted by atomic mass is 16.5. The minimum absolute atomic E-state index is 0.0793. The maximum atomic E-state index is 13.6. The molecule has 0 spiro atoms. The SMILES string of the molecule is COC(=O)N[C@@H](C)C(=O)N1CCC[C@H]1c1ncc(-c2ccc(-c3ccc(-c4cnc([C@@H]5CCCN5C(=O)[C@H](C5CC5)N(C)C(=O)O)[nH]4)cc3)cc2)[nH]1. The van der Waals surface area contributed by atoms with Crippen molar-refractivity contribution < 1.29 is 29.0 Å². The van der Waals surface area contributed by atoms with Gasteiger partial charge in [0, 0.05) is 20.1 Å². The van der Waals surface area contributed by atoms with Crippen molar-refractivity contribution in [2.75, 3.05) is 27.2 Å². The molecule has 3 aliphatic rings. The number of carboxylic acid groups (broad SMARTS) is 1. The summed E-state index contributed by atoms with van der Waals surface area (Å²) in [6.07, 6.45) is 6.83. The van der Waals surface area contributed by atoms with Crippen LogP contribution in [0.3, 0.4) is 0 Å². The zero-order valence-corrected chi connectivity index (χ0v) is 29.5. The Morgan fingerprint density at radius 3 is 1.69 bits per heavy atom. The fraction of sp³-hybridized carbons (Fsp3) is 0.421. The summed E-state index contributed by atoms with van der Waals surface area (Å²) >= 11 is 0. The molecule has 0 radical (unpaired) electrons. The van der Waals surface area contributed by atoms with Gasteiger partial charge in [0.15, 0.2) is 0 Å². The van der Waals surface area contributed by atoms with Crippen molar-refractivity contribution in [1.82, 2.24) is 40.0 Å². The number of amides is 4. The first kappa shape index (κ1) is 34.8. The van der Waals surface area contributed by atoms with Gasteiger partial charge >= 0.3 is 12.2 Å². The fourth-order valence-electron chi connectivity index (χ4n) is 7.55. The number of aromatic amines is 2. The van der Waals surface area contributed by atoms with Crippen LogP contribution in [0.4, 0.5) is 9.59 Å². The average Bonchev–Trinajstić information content (AvgIpc) is 3.64. The van der Waals surface area contributed by atoms with E-state index in [0.717, 1.165) is 77.1 Å². The van der Waals surface area contributed by atoms with Crippen LogP contribution in [-0.4, -0.2) is 103 Å². The number of ether oxygens (including phenoxy) is 1. The number of rotatable bonds is 10. The minimum atomic E-state index is -1.09. The van der Waals surface area contributed by atoms with Gasteiger partial charge in [0.2, 0.25) is 11.8 Å². The Bertz CT molecular complexity index is 1930. The number of hydrogen-bond acceptors (Lipinski definition) is 7. The second-order valence-corrected chi connectivity index (χ2v) is 13.9. The molecule has 272 valence electrons. The van der Waals surface area contributed by atoms with Crippen LogP contribution in [0.15, 0.2) is 60.9 Å². The van der Waals surface area contributed by atoms with Crippen molar-refractivity contribution in [2.24, 2.45) is 5.92 Å². The third-order valence-electron chi connectivity index (χ3n) is 10.5. The highest BCUT2D eigenvalue weighted by Crippen LogP contribution is 2.40. The van der Waals surface area contributed by atoms with Gasteiger partial charge in [-0.2, -0.15) is 0 Å². The quantitative estimate of drug-likeness (QED) is 0.165. The Morgan fingerprint density at radius 1 is 0.788 bits per heavy atom. The number of alkyl carbamates (subject to hydrolysis) is 1. The zero-order chi connectivity index (χ0) is 36.5. The number of likely N-dealkylation sites (tertiary alicyclic amines) is 2. The summed E-state index contributed by atoms with van der Waals surface area (Å²) in [5.74, 6) is 1.20. The largest absolute Gasteiger partial charge is 0.465 e. The molecule has 1 saturated carbocycles. The summed E-state index contributed by atoms with van der Waals surface area (Å²) in [5, 5.41) is 12.1. The molecule has 14 heteroatoms. The number of H-pyrrole nitrogens is 2. The van der Waals surface area contributed by atoms with Gasteiger partial charge in [0.05, 0.1) is 43.0 Å². The molecule has 2 saturated heterocycles. The molecule has 4 aromatic rings. The van der Waals surface area contributed by atoms with E-state index < -0.39 is 24.3 Å². The third kappa shape index (κ3) is 6.97. The van der Waals surface area contributed by atoms with E-state index in [4.69, 9.17) is 0 Å². The first-order chi connectivity index (χ1) is 25.1. The number of imidazole rings is 2. The topological polar surface area (TPSA) is 177 Å². The lowest BCUT2D eigenvalue weighted by molar-refractivity contribution is -0.138. The number of carbonyl (C=O) groups excluding carboxylic acids is 3. The van der Waals surface area contributed by atoms with Crippen LogP contribution in [-0.2, 0) is 14.3 Å². The minimum Gasteiger partial charge on any atom is -0.465 e. The van der Waals surface area contributed by atoms with Gasteiger partial charge in [-0.05, 0) is 73.6 Å². The summed E-state index contributed by atoms with van der Waals surface area (Å²) < 4.78 is 4.64. The van der Waals surface area contributed by atoms with Crippen LogP contribution in [0, 0.1) is 5.92 Å². The maximum absolute atomic E-state index is 13.6. The number of likely N-dealkylation sites (N-methyl/N-ethyl adjacent to an activating group) is 1. The molecule has 4 N–H and O–H groups in total. The third-order valence-corrected chi connectivity index (χ3v) is 10.5. The molecule has 4 amide bonds. The molecule has 2 aromatic carbocycles. The number of methoxy groups -OCH3 is 1. The molecule has 2 aliphatic heterocycles. The van der Waals surface area contributed by atoms with Crippen molar-refractivity contribution in [1.29, 1.82) is 0 Å². The van der Waals surface area contributed by atoms with Crippen molar-refractivity contribution in [3.8, 4) is 33.6 Å². The first-order valence-corrected chi connectivity index (χ1v) is 17.8. The number of nitrogens with one attached hydrogen (secondary N) is 3. The fourth-order valence-corrected chi connectivity index (χ4v) is 7.55. The van der Waals surface area contributed by atoms with E-state index >= 15 is 0 Å².